The van der Waals surface area contributed by atoms with Crippen LogP contribution in [-0.4, -0.2) is 43.8 Å². The van der Waals surface area contributed by atoms with Gasteiger partial charge in [0.25, 0.3) is 5.91 Å². The van der Waals surface area contributed by atoms with E-state index in [4.69, 9.17) is 16.3 Å². The van der Waals surface area contributed by atoms with E-state index in [1.54, 1.807) is 6.07 Å². The third kappa shape index (κ3) is 4.23. The number of nitrogens with one attached hydrogen (secondary N) is 1. The van der Waals surface area contributed by atoms with Crippen LogP contribution in [0.15, 0.2) is 40.6 Å². The molecule has 3 heterocycles. The van der Waals surface area contributed by atoms with Crippen molar-refractivity contribution in [3.8, 4) is 16.3 Å². The number of nitrogens with zero attached hydrogens (tertiary/aromatic N) is 2. The van der Waals surface area contributed by atoms with Crippen molar-refractivity contribution in [2.45, 2.75) is 17.7 Å². The van der Waals surface area contributed by atoms with E-state index in [1.165, 1.54) is 52.3 Å². The highest BCUT2D eigenvalue weighted by Crippen LogP contribution is 2.33. The summed E-state index contributed by atoms with van der Waals surface area (Å²) in [6.07, 6.45) is 1.65. The van der Waals surface area contributed by atoms with Crippen molar-refractivity contribution in [1.82, 2.24) is 9.29 Å². The Morgan fingerprint density at radius 2 is 2.00 bits per heavy atom. The molecule has 0 saturated carbocycles. The summed E-state index contributed by atoms with van der Waals surface area (Å²) in [5.74, 6) is -0.231. The van der Waals surface area contributed by atoms with Crippen molar-refractivity contribution in [3.05, 3.63) is 45.6 Å². The first kappa shape index (κ1) is 21.3. The lowest BCUT2D eigenvalue weighted by molar-refractivity contribution is 0.102. The first-order chi connectivity index (χ1) is 14.4. The third-order valence-corrected chi connectivity index (χ3v) is 8.59. The number of hydrogen-bond acceptors (Lipinski definition) is 7. The zero-order chi connectivity index (χ0) is 21.3. The molecule has 0 aliphatic carbocycles. The molecule has 0 spiro atoms. The molecule has 1 aliphatic heterocycles. The normalized spacial score (nSPS) is 14.7. The summed E-state index contributed by atoms with van der Waals surface area (Å²) >= 11 is 8.65. The predicted octanol–water partition coefficient (Wildman–Crippen LogP) is 4.57. The first-order valence-electron chi connectivity index (χ1n) is 9.09. The summed E-state index contributed by atoms with van der Waals surface area (Å²) < 4.78 is 33.3. The average Bonchev–Trinajstić information content (AvgIpc) is 3.49. The number of halogens is 1. The minimum absolute atomic E-state index is 0.00685. The number of thiophene rings is 1. The SMILES string of the molecule is COc1ccc(C(=O)Nc2nc(-c3ccc(Cl)s3)cs2)cc1S(=O)(=O)N1CCCC1. The van der Waals surface area contributed by atoms with E-state index < -0.39 is 15.9 Å². The number of hydrogen-bond donors (Lipinski definition) is 1. The summed E-state index contributed by atoms with van der Waals surface area (Å²) in [5.41, 5.74) is 0.934. The van der Waals surface area contributed by atoms with Crippen molar-refractivity contribution in [1.29, 1.82) is 0 Å². The van der Waals surface area contributed by atoms with Crippen LogP contribution in [0.3, 0.4) is 0 Å². The van der Waals surface area contributed by atoms with E-state index >= 15 is 0 Å². The Labute approximate surface area is 187 Å². The number of rotatable bonds is 6. The lowest BCUT2D eigenvalue weighted by atomic mass is 10.2. The molecule has 0 radical (unpaired) electrons. The van der Waals surface area contributed by atoms with Gasteiger partial charge in [-0.25, -0.2) is 13.4 Å². The van der Waals surface area contributed by atoms with Crippen LogP contribution >= 0.6 is 34.3 Å². The summed E-state index contributed by atoms with van der Waals surface area (Å²) in [4.78, 5) is 18.1. The van der Waals surface area contributed by atoms with Gasteiger partial charge in [0.2, 0.25) is 10.0 Å². The van der Waals surface area contributed by atoms with Gasteiger partial charge in [-0.15, -0.1) is 22.7 Å². The van der Waals surface area contributed by atoms with Crippen molar-refractivity contribution < 1.29 is 17.9 Å². The predicted molar refractivity (Wildman–Crippen MR) is 119 cm³/mol. The number of benzene rings is 1. The molecule has 4 rings (SSSR count). The van der Waals surface area contributed by atoms with E-state index in [2.05, 4.69) is 10.3 Å². The Hall–Kier alpha value is -1.98. The van der Waals surface area contributed by atoms with Crippen molar-refractivity contribution >= 4 is 55.3 Å². The summed E-state index contributed by atoms with van der Waals surface area (Å²) in [7, 11) is -2.33. The maximum absolute atomic E-state index is 13.0. The molecule has 1 fully saturated rings. The summed E-state index contributed by atoms with van der Waals surface area (Å²) in [6.45, 7) is 0.938. The average molecular weight is 484 g/mol. The van der Waals surface area contributed by atoms with Crippen LogP contribution in [0.5, 0.6) is 5.75 Å². The molecule has 1 aliphatic rings. The number of carbonyl (C=O) groups is 1. The minimum Gasteiger partial charge on any atom is -0.495 e. The Balaban J connectivity index is 1.58. The standard InChI is InChI=1S/C19H18ClN3O4S3/c1-27-14-5-4-12(10-16(14)30(25,26)23-8-2-3-9-23)18(24)22-19-21-13(11-28-19)15-6-7-17(20)29-15/h4-7,10-11H,2-3,8-9H2,1H3,(H,21,22,24). The molecule has 0 unspecified atom stereocenters. The van der Waals surface area contributed by atoms with Crippen LogP contribution in [0.4, 0.5) is 5.13 Å². The molecule has 1 aromatic carbocycles. The van der Waals surface area contributed by atoms with Gasteiger partial charge in [-0.3, -0.25) is 10.1 Å². The van der Waals surface area contributed by atoms with Gasteiger partial charge in [0, 0.05) is 24.0 Å². The molecule has 2 aromatic heterocycles. The second-order valence-corrected chi connectivity index (χ2v) is 11.1. The number of sulfonamides is 1. The highest BCUT2D eigenvalue weighted by atomic mass is 35.5. The van der Waals surface area contributed by atoms with Crippen LogP contribution in [0.2, 0.25) is 4.34 Å². The van der Waals surface area contributed by atoms with E-state index in [0.29, 0.717) is 22.6 Å². The molecule has 7 nitrogen and oxygen atoms in total. The van der Waals surface area contributed by atoms with E-state index in [1.807, 2.05) is 11.4 Å². The fraction of sp³-hybridized carbons (Fsp3) is 0.263. The largest absolute Gasteiger partial charge is 0.495 e. The number of anilines is 1. The Kier molecular flexibility index (Phi) is 6.12. The highest BCUT2D eigenvalue weighted by Gasteiger charge is 2.30. The van der Waals surface area contributed by atoms with Crippen LogP contribution in [0, 0.1) is 0 Å². The Morgan fingerprint density at radius 3 is 2.67 bits per heavy atom. The zero-order valence-electron chi connectivity index (χ0n) is 15.9. The van der Waals surface area contributed by atoms with Crippen LogP contribution in [-0.2, 0) is 10.0 Å². The maximum Gasteiger partial charge on any atom is 0.257 e. The lowest BCUT2D eigenvalue weighted by Crippen LogP contribution is -2.28. The Morgan fingerprint density at radius 1 is 1.23 bits per heavy atom. The number of carbonyl (C=O) groups excluding carboxylic acids is 1. The van der Waals surface area contributed by atoms with Crippen LogP contribution in [0.1, 0.15) is 23.2 Å². The molecule has 158 valence electrons. The smallest absolute Gasteiger partial charge is 0.257 e. The molecular formula is C19H18ClN3O4S3. The van der Waals surface area contributed by atoms with Gasteiger partial charge in [-0.2, -0.15) is 4.31 Å². The maximum atomic E-state index is 13.0. The minimum atomic E-state index is -3.74. The van der Waals surface area contributed by atoms with Gasteiger partial charge in [0.05, 0.1) is 22.0 Å². The van der Waals surface area contributed by atoms with Crippen molar-refractivity contribution in [2.75, 3.05) is 25.5 Å². The molecule has 0 atom stereocenters. The highest BCUT2D eigenvalue weighted by molar-refractivity contribution is 7.89. The molecule has 30 heavy (non-hydrogen) atoms. The Bertz CT molecular complexity index is 1180. The molecular weight excluding hydrogens is 466 g/mol. The molecule has 3 aromatic rings. The summed E-state index contributed by atoms with van der Waals surface area (Å²) in [5, 5.41) is 4.98. The number of thiazole rings is 1. The fourth-order valence-electron chi connectivity index (χ4n) is 3.15. The van der Waals surface area contributed by atoms with Crippen molar-refractivity contribution in [2.24, 2.45) is 0 Å². The van der Waals surface area contributed by atoms with Crippen LogP contribution in [0.25, 0.3) is 10.6 Å². The van der Waals surface area contributed by atoms with E-state index in [-0.39, 0.29) is 16.2 Å². The van der Waals surface area contributed by atoms with Crippen LogP contribution < -0.4 is 10.1 Å². The van der Waals surface area contributed by atoms with Gasteiger partial charge in [-0.1, -0.05) is 11.6 Å². The number of ether oxygens (including phenoxy) is 1. The second-order valence-electron chi connectivity index (χ2n) is 6.57. The third-order valence-electron chi connectivity index (χ3n) is 4.66. The summed E-state index contributed by atoms with van der Waals surface area (Å²) in [6, 6.07) is 8.05. The molecule has 1 N–H and O–H groups in total. The number of amides is 1. The molecule has 0 bridgehead atoms. The zero-order valence-corrected chi connectivity index (χ0v) is 19.1. The van der Waals surface area contributed by atoms with Gasteiger partial charge in [-0.05, 0) is 43.2 Å². The van der Waals surface area contributed by atoms with Crippen molar-refractivity contribution in [3.63, 3.8) is 0 Å². The van der Waals surface area contributed by atoms with E-state index in [0.717, 1.165) is 23.4 Å². The van der Waals surface area contributed by atoms with E-state index in [9.17, 15) is 13.2 Å². The van der Waals surface area contributed by atoms with Gasteiger partial charge in [0.1, 0.15) is 10.6 Å². The lowest BCUT2D eigenvalue weighted by Gasteiger charge is -2.18. The quantitative estimate of drug-likeness (QED) is 0.554. The second kappa shape index (κ2) is 8.64. The topological polar surface area (TPSA) is 88.6 Å². The first-order valence-corrected chi connectivity index (χ1v) is 12.6. The molecule has 1 amide bonds. The number of aromatic nitrogens is 1. The number of methoxy groups -OCH3 is 1. The molecule has 11 heteroatoms. The molecule has 1 saturated heterocycles. The van der Waals surface area contributed by atoms with Gasteiger partial charge < -0.3 is 4.74 Å². The van der Waals surface area contributed by atoms with Gasteiger partial charge >= 0.3 is 0 Å². The monoisotopic (exact) mass is 483 g/mol. The fourth-order valence-corrected chi connectivity index (χ4v) is 6.64. The van der Waals surface area contributed by atoms with Gasteiger partial charge in [0.15, 0.2) is 5.13 Å².